The van der Waals surface area contributed by atoms with Crippen LogP contribution in [0.5, 0.6) is 0 Å². The van der Waals surface area contributed by atoms with E-state index in [1.165, 1.54) is 64.2 Å². The van der Waals surface area contributed by atoms with E-state index in [4.69, 9.17) is 9.47 Å². The van der Waals surface area contributed by atoms with Crippen molar-refractivity contribution in [2.45, 2.75) is 181 Å². The summed E-state index contributed by atoms with van der Waals surface area (Å²) >= 11 is 0. The van der Waals surface area contributed by atoms with Crippen molar-refractivity contribution in [2.24, 2.45) is 5.92 Å². The Kier molecular flexibility index (Phi) is 32.0. The topological polar surface area (TPSA) is 93.1 Å². The molecule has 0 heterocycles. The first-order valence-corrected chi connectivity index (χ1v) is 18.5. The first kappa shape index (κ1) is 43.1. The third kappa shape index (κ3) is 33.3. The molecular formula is C39H70O6. The molecule has 0 spiro atoms. The zero-order valence-electron chi connectivity index (χ0n) is 29.4. The van der Waals surface area contributed by atoms with Crippen molar-refractivity contribution in [1.29, 1.82) is 0 Å². The highest BCUT2D eigenvalue weighted by Gasteiger charge is 2.16. The summed E-state index contributed by atoms with van der Waals surface area (Å²) in [4.78, 5) is 24.2. The van der Waals surface area contributed by atoms with E-state index in [0.717, 1.165) is 76.5 Å². The van der Waals surface area contributed by atoms with Crippen LogP contribution in [-0.2, 0) is 19.1 Å². The first-order chi connectivity index (χ1) is 21.9. The Morgan fingerprint density at radius 1 is 0.644 bits per heavy atom. The minimum Gasteiger partial charge on any atom is -0.462 e. The molecule has 0 aliphatic carbocycles. The van der Waals surface area contributed by atoms with Gasteiger partial charge in [-0.1, -0.05) is 160 Å². The molecule has 45 heavy (non-hydrogen) atoms. The summed E-state index contributed by atoms with van der Waals surface area (Å²) in [5.41, 5.74) is 0. The highest BCUT2D eigenvalue weighted by molar-refractivity contribution is 5.70. The van der Waals surface area contributed by atoms with Gasteiger partial charge in [0.05, 0.1) is 12.7 Å². The molecule has 0 fully saturated rings. The molecule has 0 saturated heterocycles. The van der Waals surface area contributed by atoms with E-state index >= 15 is 0 Å². The number of allylic oxidation sites excluding steroid dienone is 5. The van der Waals surface area contributed by atoms with Gasteiger partial charge in [-0.25, -0.2) is 0 Å². The van der Waals surface area contributed by atoms with E-state index in [2.05, 4.69) is 39.0 Å². The average Bonchev–Trinajstić information content (AvgIpc) is 3.02. The van der Waals surface area contributed by atoms with Crippen molar-refractivity contribution < 1.29 is 29.3 Å². The van der Waals surface area contributed by atoms with Gasteiger partial charge in [-0.05, 0) is 38.0 Å². The second-order valence-electron chi connectivity index (χ2n) is 13.0. The molecule has 0 bridgehead atoms. The molecule has 1 unspecified atom stereocenters. The smallest absolute Gasteiger partial charge is 0.306 e. The number of hydrogen-bond acceptors (Lipinski definition) is 6. The summed E-state index contributed by atoms with van der Waals surface area (Å²) in [7, 11) is 0. The Hall–Kier alpha value is -1.92. The largest absolute Gasteiger partial charge is 0.462 e. The van der Waals surface area contributed by atoms with E-state index in [1.54, 1.807) is 0 Å². The molecule has 0 aliphatic heterocycles. The van der Waals surface area contributed by atoms with E-state index in [9.17, 15) is 19.8 Å². The fourth-order valence-electron chi connectivity index (χ4n) is 5.16. The van der Waals surface area contributed by atoms with E-state index in [0.29, 0.717) is 12.8 Å². The fourth-order valence-corrected chi connectivity index (χ4v) is 5.16. The Bertz CT molecular complexity index is 757. The Labute approximate surface area is 277 Å². The monoisotopic (exact) mass is 635 g/mol. The number of carbonyl (C=O) groups excluding carboxylic acids is 2. The van der Waals surface area contributed by atoms with Gasteiger partial charge < -0.3 is 19.7 Å². The van der Waals surface area contributed by atoms with Gasteiger partial charge in [0.25, 0.3) is 0 Å². The van der Waals surface area contributed by atoms with Gasteiger partial charge in [0.15, 0.2) is 6.10 Å². The second-order valence-corrected chi connectivity index (χ2v) is 13.0. The normalized spacial score (nSPS) is 13.4. The van der Waals surface area contributed by atoms with Crippen LogP contribution >= 0.6 is 0 Å². The van der Waals surface area contributed by atoms with Gasteiger partial charge in [-0.3, -0.25) is 9.59 Å². The molecular weight excluding hydrogens is 564 g/mol. The van der Waals surface area contributed by atoms with E-state index in [-0.39, 0.29) is 25.2 Å². The zero-order chi connectivity index (χ0) is 33.2. The molecule has 6 heteroatoms. The van der Waals surface area contributed by atoms with Gasteiger partial charge in [-0.2, -0.15) is 0 Å². The molecule has 2 N–H and O–H groups in total. The molecule has 0 aromatic carbocycles. The molecule has 2 atom stereocenters. The molecule has 0 rings (SSSR count). The lowest BCUT2D eigenvalue weighted by atomic mass is 10.0. The highest BCUT2D eigenvalue weighted by Crippen LogP contribution is 2.15. The second kappa shape index (κ2) is 33.4. The van der Waals surface area contributed by atoms with Crippen LogP contribution in [0, 0.1) is 5.92 Å². The number of aliphatic hydroxyl groups is 2. The van der Waals surface area contributed by atoms with Crippen molar-refractivity contribution in [3.63, 3.8) is 0 Å². The maximum Gasteiger partial charge on any atom is 0.306 e. The lowest BCUT2D eigenvalue weighted by Crippen LogP contribution is -2.28. The number of rotatable bonds is 32. The number of esters is 2. The predicted octanol–water partition coefficient (Wildman–Crippen LogP) is 10.1. The number of ether oxygens (including phenoxy) is 2. The molecule has 0 amide bonds. The van der Waals surface area contributed by atoms with Gasteiger partial charge in [-0.15, -0.1) is 0 Å². The Morgan fingerprint density at radius 3 is 1.69 bits per heavy atom. The summed E-state index contributed by atoms with van der Waals surface area (Å²) < 4.78 is 10.5. The van der Waals surface area contributed by atoms with Crippen LogP contribution < -0.4 is 0 Å². The lowest BCUT2D eigenvalue weighted by Gasteiger charge is -2.15. The standard InChI is InChI=1S/C39H70O6/c1-4-5-6-7-14-19-24-29-36(41)30-25-20-17-22-26-31-38(42)44-34-37(33-40)45-39(43)32-27-21-16-13-11-9-8-10-12-15-18-23-28-35(2)3/h5-6,14,19,24,29,35-37,40-41H,4,7-13,15-18,20-23,25-28,30-34H2,1-3H3/b6-5+,19-14+,29-24+/t36?,37-/m0/s1. The predicted molar refractivity (Wildman–Crippen MR) is 188 cm³/mol. The SMILES string of the molecule is CC/C=C/C/C=C/C=C/C(O)CCCCCCCC(=O)OC[C@H](CO)OC(=O)CCCCCCCCCCCCCCC(C)C. The Morgan fingerprint density at radius 2 is 1.16 bits per heavy atom. The third-order valence-corrected chi connectivity index (χ3v) is 7.98. The van der Waals surface area contributed by atoms with Crippen molar-refractivity contribution in [1.82, 2.24) is 0 Å². The molecule has 0 aromatic rings. The molecule has 262 valence electrons. The molecule has 6 nitrogen and oxygen atoms in total. The summed E-state index contributed by atoms with van der Waals surface area (Å²) in [6, 6.07) is 0. The maximum absolute atomic E-state index is 12.1. The first-order valence-electron chi connectivity index (χ1n) is 18.5. The van der Waals surface area contributed by atoms with Crippen molar-refractivity contribution in [2.75, 3.05) is 13.2 Å². The Balaban J connectivity index is 3.65. The maximum atomic E-state index is 12.1. The highest BCUT2D eigenvalue weighted by atomic mass is 16.6. The van der Waals surface area contributed by atoms with Crippen molar-refractivity contribution >= 4 is 11.9 Å². The quantitative estimate of drug-likeness (QED) is 0.0331. The summed E-state index contributed by atoms with van der Waals surface area (Å²) in [5, 5.41) is 19.6. The zero-order valence-corrected chi connectivity index (χ0v) is 29.4. The minimum absolute atomic E-state index is 0.102. The minimum atomic E-state index is -0.800. The summed E-state index contributed by atoms with van der Waals surface area (Å²) in [6.07, 6.45) is 35.1. The van der Waals surface area contributed by atoms with Gasteiger partial charge in [0, 0.05) is 12.8 Å². The summed E-state index contributed by atoms with van der Waals surface area (Å²) in [6.45, 7) is 6.26. The summed E-state index contributed by atoms with van der Waals surface area (Å²) in [5.74, 6) is 0.166. The van der Waals surface area contributed by atoms with Crippen LogP contribution in [0.15, 0.2) is 36.5 Å². The molecule has 0 saturated carbocycles. The van der Waals surface area contributed by atoms with Gasteiger partial charge >= 0.3 is 11.9 Å². The van der Waals surface area contributed by atoms with Crippen LogP contribution in [0.25, 0.3) is 0 Å². The van der Waals surface area contributed by atoms with Crippen molar-refractivity contribution in [3.05, 3.63) is 36.5 Å². The van der Waals surface area contributed by atoms with Crippen LogP contribution in [0.1, 0.15) is 168 Å². The van der Waals surface area contributed by atoms with E-state index in [1.807, 2.05) is 18.2 Å². The van der Waals surface area contributed by atoms with E-state index < -0.39 is 12.2 Å². The molecule has 0 aliphatic rings. The third-order valence-electron chi connectivity index (χ3n) is 7.98. The molecule has 0 aromatic heterocycles. The number of hydrogen-bond donors (Lipinski definition) is 2. The lowest BCUT2D eigenvalue weighted by molar-refractivity contribution is -0.161. The van der Waals surface area contributed by atoms with Gasteiger partial charge in [0.2, 0.25) is 0 Å². The van der Waals surface area contributed by atoms with Crippen LogP contribution in [0.2, 0.25) is 0 Å². The number of aliphatic hydroxyl groups excluding tert-OH is 2. The van der Waals surface area contributed by atoms with Crippen LogP contribution in [0.4, 0.5) is 0 Å². The number of carbonyl (C=O) groups is 2. The average molecular weight is 635 g/mol. The number of unbranched alkanes of at least 4 members (excludes halogenated alkanes) is 15. The van der Waals surface area contributed by atoms with Gasteiger partial charge in [0.1, 0.15) is 6.61 Å². The molecule has 0 radical (unpaired) electrons. The van der Waals surface area contributed by atoms with Crippen LogP contribution in [0.3, 0.4) is 0 Å². The van der Waals surface area contributed by atoms with Crippen molar-refractivity contribution in [3.8, 4) is 0 Å². The fraction of sp³-hybridized carbons (Fsp3) is 0.795. The van der Waals surface area contributed by atoms with Crippen LogP contribution in [-0.4, -0.2) is 47.6 Å².